The molecular formula is C19H19N5O3S. The number of rotatable bonds is 5. The summed E-state index contributed by atoms with van der Waals surface area (Å²) in [5.41, 5.74) is 1.77. The fraction of sp³-hybridized carbons (Fsp3) is 0.105. The molecule has 0 saturated heterocycles. The van der Waals surface area contributed by atoms with Crippen LogP contribution in [0.3, 0.4) is 0 Å². The number of amides is 2. The van der Waals surface area contributed by atoms with Crippen LogP contribution in [0.2, 0.25) is 0 Å². The van der Waals surface area contributed by atoms with Gasteiger partial charge in [0.15, 0.2) is 0 Å². The van der Waals surface area contributed by atoms with Crippen molar-refractivity contribution >= 4 is 33.2 Å². The summed E-state index contributed by atoms with van der Waals surface area (Å²) in [6.07, 6.45) is 0. The molecule has 2 aromatic carbocycles. The van der Waals surface area contributed by atoms with Gasteiger partial charge in [0.1, 0.15) is 11.6 Å². The average Bonchev–Trinajstić information content (AvgIpc) is 2.61. The van der Waals surface area contributed by atoms with E-state index in [4.69, 9.17) is 0 Å². The molecule has 0 unspecified atom stereocenters. The molecule has 0 atom stereocenters. The number of sulfonamides is 1. The summed E-state index contributed by atoms with van der Waals surface area (Å²) in [6.45, 7) is 3.44. The summed E-state index contributed by atoms with van der Waals surface area (Å²) in [4.78, 5) is 20.2. The van der Waals surface area contributed by atoms with Crippen LogP contribution < -0.4 is 15.4 Å². The number of hydrogen-bond acceptors (Lipinski definition) is 5. The van der Waals surface area contributed by atoms with Crippen LogP contribution in [-0.4, -0.2) is 24.4 Å². The van der Waals surface area contributed by atoms with Crippen molar-refractivity contribution in [3.8, 4) is 0 Å². The van der Waals surface area contributed by atoms with Crippen LogP contribution in [0, 0.1) is 13.8 Å². The molecule has 0 aliphatic rings. The first kappa shape index (κ1) is 19.3. The number of nitrogens with zero attached hydrogens (tertiary/aromatic N) is 2. The Hall–Kier alpha value is -3.46. The fourth-order valence-electron chi connectivity index (χ4n) is 2.50. The Kier molecular flexibility index (Phi) is 5.55. The van der Waals surface area contributed by atoms with E-state index < -0.39 is 16.1 Å². The molecule has 144 valence electrons. The average molecular weight is 397 g/mol. The van der Waals surface area contributed by atoms with E-state index in [0.29, 0.717) is 22.9 Å². The maximum absolute atomic E-state index is 12.5. The summed E-state index contributed by atoms with van der Waals surface area (Å²) in [5.74, 6) is 0.677. The third kappa shape index (κ3) is 5.04. The zero-order valence-corrected chi connectivity index (χ0v) is 16.1. The fourth-order valence-corrected chi connectivity index (χ4v) is 3.49. The molecule has 0 bridgehead atoms. The number of urea groups is 1. The zero-order valence-electron chi connectivity index (χ0n) is 15.3. The number of aryl methyl sites for hydroxylation is 2. The maximum atomic E-state index is 12.5. The predicted octanol–water partition coefficient (Wildman–Crippen LogP) is 3.54. The number of benzene rings is 2. The number of anilines is 3. The number of carbonyl (C=O) groups excluding carboxylic acids is 1. The smallest absolute Gasteiger partial charge is 0.308 e. The van der Waals surface area contributed by atoms with Gasteiger partial charge in [-0.05, 0) is 50.2 Å². The minimum Gasteiger partial charge on any atom is -0.308 e. The molecule has 9 heteroatoms. The number of aromatic nitrogens is 2. The lowest BCUT2D eigenvalue weighted by molar-refractivity contribution is 0.262. The first-order chi connectivity index (χ1) is 13.3. The van der Waals surface area contributed by atoms with Crippen molar-refractivity contribution in [2.45, 2.75) is 18.7 Å². The van der Waals surface area contributed by atoms with Gasteiger partial charge in [0.25, 0.3) is 10.0 Å². The minimum atomic E-state index is -3.81. The summed E-state index contributed by atoms with van der Waals surface area (Å²) < 4.78 is 27.5. The van der Waals surface area contributed by atoms with Gasteiger partial charge in [-0.1, -0.05) is 18.2 Å². The molecule has 3 N–H and O–H groups in total. The van der Waals surface area contributed by atoms with Gasteiger partial charge in [-0.3, -0.25) is 4.72 Å². The van der Waals surface area contributed by atoms with Crippen LogP contribution >= 0.6 is 0 Å². The SMILES string of the molecule is Cc1cc(NS(=O)(=O)c2ccc(NC(=O)Nc3ccccc3)cc2)nc(C)n1. The van der Waals surface area contributed by atoms with Gasteiger partial charge in [0.05, 0.1) is 4.90 Å². The quantitative estimate of drug-likeness (QED) is 0.609. The molecule has 0 aliphatic carbocycles. The van der Waals surface area contributed by atoms with E-state index in [-0.39, 0.29) is 10.7 Å². The van der Waals surface area contributed by atoms with Crippen molar-refractivity contribution in [3.05, 3.63) is 72.2 Å². The van der Waals surface area contributed by atoms with Gasteiger partial charge in [-0.25, -0.2) is 23.2 Å². The molecule has 0 radical (unpaired) electrons. The van der Waals surface area contributed by atoms with Crippen LogP contribution in [0.4, 0.5) is 22.0 Å². The van der Waals surface area contributed by atoms with E-state index in [1.54, 1.807) is 32.0 Å². The summed E-state index contributed by atoms with van der Waals surface area (Å²) >= 11 is 0. The highest BCUT2D eigenvalue weighted by atomic mass is 32.2. The van der Waals surface area contributed by atoms with E-state index in [0.717, 1.165) is 0 Å². The lowest BCUT2D eigenvalue weighted by Gasteiger charge is -2.10. The van der Waals surface area contributed by atoms with Gasteiger partial charge in [0, 0.05) is 23.1 Å². The first-order valence-electron chi connectivity index (χ1n) is 8.40. The zero-order chi connectivity index (χ0) is 20.1. The number of hydrogen-bond donors (Lipinski definition) is 3. The molecule has 2 amide bonds. The standard InChI is InChI=1S/C19H19N5O3S/c1-13-12-18(21-14(2)20-13)24-28(26,27)17-10-8-16(9-11-17)23-19(25)22-15-6-4-3-5-7-15/h3-12H,1-2H3,(H,20,21,24)(H2,22,23,25). The molecular weight excluding hydrogens is 378 g/mol. The number of nitrogens with one attached hydrogen (secondary N) is 3. The largest absolute Gasteiger partial charge is 0.323 e. The van der Waals surface area contributed by atoms with Crippen LogP contribution in [0.5, 0.6) is 0 Å². The van der Waals surface area contributed by atoms with E-state index in [2.05, 4.69) is 25.3 Å². The summed E-state index contributed by atoms with van der Waals surface area (Å²) in [7, 11) is -3.81. The Morgan fingerprint density at radius 3 is 2.07 bits per heavy atom. The third-order valence-corrected chi connectivity index (χ3v) is 5.03. The molecule has 0 spiro atoms. The Morgan fingerprint density at radius 2 is 1.46 bits per heavy atom. The Balaban J connectivity index is 1.68. The predicted molar refractivity (Wildman–Crippen MR) is 108 cm³/mol. The monoisotopic (exact) mass is 397 g/mol. The normalized spacial score (nSPS) is 10.9. The second kappa shape index (κ2) is 8.05. The van der Waals surface area contributed by atoms with E-state index in [1.165, 1.54) is 24.3 Å². The van der Waals surface area contributed by atoms with Crippen molar-refractivity contribution in [1.82, 2.24) is 9.97 Å². The van der Waals surface area contributed by atoms with Crippen molar-refractivity contribution in [2.75, 3.05) is 15.4 Å². The van der Waals surface area contributed by atoms with E-state index in [1.807, 2.05) is 18.2 Å². The molecule has 28 heavy (non-hydrogen) atoms. The second-order valence-corrected chi connectivity index (χ2v) is 7.70. The van der Waals surface area contributed by atoms with Gasteiger partial charge in [0.2, 0.25) is 0 Å². The molecule has 0 aliphatic heterocycles. The summed E-state index contributed by atoms with van der Waals surface area (Å²) in [5, 5.41) is 5.33. The Bertz CT molecular complexity index is 1060. The Morgan fingerprint density at radius 1 is 0.857 bits per heavy atom. The number of para-hydroxylation sites is 1. The lowest BCUT2D eigenvalue weighted by atomic mass is 10.3. The maximum Gasteiger partial charge on any atom is 0.323 e. The first-order valence-corrected chi connectivity index (χ1v) is 9.88. The highest BCUT2D eigenvalue weighted by Crippen LogP contribution is 2.18. The van der Waals surface area contributed by atoms with Crippen LogP contribution in [0.15, 0.2) is 65.6 Å². The van der Waals surface area contributed by atoms with Gasteiger partial charge >= 0.3 is 6.03 Å². The van der Waals surface area contributed by atoms with Crippen molar-refractivity contribution in [3.63, 3.8) is 0 Å². The van der Waals surface area contributed by atoms with Gasteiger partial charge in [-0.2, -0.15) is 0 Å². The van der Waals surface area contributed by atoms with Crippen LogP contribution in [-0.2, 0) is 10.0 Å². The van der Waals surface area contributed by atoms with E-state index in [9.17, 15) is 13.2 Å². The highest BCUT2D eigenvalue weighted by Gasteiger charge is 2.15. The van der Waals surface area contributed by atoms with Gasteiger partial charge in [-0.15, -0.1) is 0 Å². The number of carbonyl (C=O) groups is 1. The second-order valence-electron chi connectivity index (χ2n) is 6.02. The summed E-state index contributed by atoms with van der Waals surface area (Å²) in [6, 6.07) is 15.9. The van der Waals surface area contributed by atoms with Crippen LogP contribution in [0.25, 0.3) is 0 Å². The van der Waals surface area contributed by atoms with Gasteiger partial charge < -0.3 is 10.6 Å². The molecule has 8 nitrogen and oxygen atoms in total. The third-order valence-electron chi connectivity index (χ3n) is 3.66. The topological polar surface area (TPSA) is 113 Å². The van der Waals surface area contributed by atoms with Crippen LogP contribution in [0.1, 0.15) is 11.5 Å². The van der Waals surface area contributed by atoms with Crippen molar-refractivity contribution < 1.29 is 13.2 Å². The van der Waals surface area contributed by atoms with Crippen molar-refractivity contribution in [1.29, 1.82) is 0 Å². The minimum absolute atomic E-state index is 0.0513. The molecule has 1 heterocycles. The molecule has 0 saturated carbocycles. The molecule has 3 aromatic rings. The highest BCUT2D eigenvalue weighted by molar-refractivity contribution is 7.92. The van der Waals surface area contributed by atoms with Crippen molar-refractivity contribution in [2.24, 2.45) is 0 Å². The molecule has 3 rings (SSSR count). The Labute approximate surface area is 163 Å². The molecule has 1 aromatic heterocycles. The van der Waals surface area contributed by atoms with E-state index >= 15 is 0 Å². The molecule has 0 fully saturated rings. The lowest BCUT2D eigenvalue weighted by Crippen LogP contribution is -2.19.